The minimum Gasteiger partial charge on any atom is -0.329 e. The van der Waals surface area contributed by atoms with E-state index in [2.05, 4.69) is 0 Å². The average Bonchev–Trinajstić information content (AvgIpc) is 1.87. The summed E-state index contributed by atoms with van der Waals surface area (Å²) in [4.78, 5) is 0. The third-order valence-corrected chi connectivity index (χ3v) is 4.60. The van der Waals surface area contributed by atoms with Crippen molar-refractivity contribution in [3.63, 3.8) is 0 Å². The highest BCUT2D eigenvalue weighted by Crippen LogP contribution is 2.15. The number of hydrogen-bond acceptors (Lipinski definition) is 3. The first kappa shape index (κ1) is 10.9. The molecule has 0 saturated carbocycles. The van der Waals surface area contributed by atoms with Crippen LogP contribution in [0.1, 0.15) is 27.2 Å². The van der Waals surface area contributed by atoms with E-state index < -0.39 is 14.6 Å². The predicted octanol–water partition coefficient (Wildman–Crippen LogP) is 0.549. The zero-order chi connectivity index (χ0) is 9.12. The van der Waals surface area contributed by atoms with Crippen LogP contribution in [0.5, 0.6) is 0 Å². The summed E-state index contributed by atoms with van der Waals surface area (Å²) in [7, 11) is -2.98. The van der Waals surface area contributed by atoms with Gasteiger partial charge in [-0.3, -0.25) is 0 Å². The second-order valence-electron chi connectivity index (χ2n) is 3.28. The topological polar surface area (TPSA) is 60.2 Å². The van der Waals surface area contributed by atoms with Gasteiger partial charge in [-0.2, -0.15) is 0 Å². The van der Waals surface area contributed by atoms with Crippen molar-refractivity contribution in [1.29, 1.82) is 0 Å². The fraction of sp³-hybridized carbons (Fsp3) is 1.00. The molecule has 0 saturated heterocycles. The van der Waals surface area contributed by atoms with Crippen molar-refractivity contribution in [1.82, 2.24) is 0 Å². The molecule has 3 nitrogen and oxygen atoms in total. The van der Waals surface area contributed by atoms with E-state index >= 15 is 0 Å². The summed E-state index contributed by atoms with van der Waals surface area (Å²) >= 11 is 0. The van der Waals surface area contributed by atoms with Gasteiger partial charge < -0.3 is 5.73 Å². The van der Waals surface area contributed by atoms with Crippen LogP contribution in [0.15, 0.2) is 0 Å². The maximum absolute atomic E-state index is 11.4. The molecule has 0 aromatic rings. The van der Waals surface area contributed by atoms with Gasteiger partial charge in [-0.05, 0) is 20.3 Å². The largest absolute Gasteiger partial charge is 0.329 e. The normalized spacial score (nSPS) is 13.5. The molecule has 0 heterocycles. The molecule has 4 heteroatoms. The quantitative estimate of drug-likeness (QED) is 0.685. The maximum Gasteiger partial charge on any atom is 0.156 e. The molecular formula is C7H17NO2S. The van der Waals surface area contributed by atoms with Crippen molar-refractivity contribution in [3.8, 4) is 0 Å². The second kappa shape index (κ2) is 3.54. The zero-order valence-electron chi connectivity index (χ0n) is 7.42. The molecule has 0 fully saturated rings. The van der Waals surface area contributed by atoms with Crippen LogP contribution in [-0.2, 0) is 9.84 Å². The lowest BCUT2D eigenvalue weighted by molar-refractivity contribution is 0.547. The van der Waals surface area contributed by atoms with Crippen LogP contribution in [-0.4, -0.2) is 25.5 Å². The molecule has 0 bridgehead atoms. The second-order valence-corrected chi connectivity index (χ2v) is 6.03. The van der Waals surface area contributed by atoms with Gasteiger partial charge in [0.15, 0.2) is 9.84 Å². The Labute approximate surface area is 68.9 Å². The Morgan fingerprint density at radius 1 is 1.36 bits per heavy atom. The van der Waals surface area contributed by atoms with Gasteiger partial charge in [0.2, 0.25) is 0 Å². The van der Waals surface area contributed by atoms with Crippen LogP contribution < -0.4 is 5.73 Å². The van der Waals surface area contributed by atoms with Gasteiger partial charge in [-0.15, -0.1) is 0 Å². The predicted molar refractivity (Wildman–Crippen MR) is 47.2 cm³/mol. The molecule has 11 heavy (non-hydrogen) atoms. The first-order valence-corrected chi connectivity index (χ1v) is 5.45. The summed E-state index contributed by atoms with van der Waals surface area (Å²) in [5.74, 6) is 0.233. The molecule has 0 aliphatic carbocycles. The molecule has 0 aromatic heterocycles. The van der Waals surface area contributed by atoms with Crippen LogP contribution in [0, 0.1) is 0 Å². The fourth-order valence-corrected chi connectivity index (χ4v) is 2.02. The van der Waals surface area contributed by atoms with Crippen molar-refractivity contribution in [2.45, 2.75) is 31.9 Å². The summed E-state index contributed by atoms with van der Waals surface area (Å²) < 4.78 is 22.0. The Bertz CT molecular complexity index is 206. The lowest BCUT2D eigenvalue weighted by atomic mass is 10.2. The number of sulfone groups is 1. The van der Waals surface area contributed by atoms with Gasteiger partial charge >= 0.3 is 0 Å². The maximum atomic E-state index is 11.4. The third-order valence-electron chi connectivity index (χ3n) is 1.81. The Morgan fingerprint density at radius 2 is 1.82 bits per heavy atom. The van der Waals surface area contributed by atoms with E-state index in [-0.39, 0.29) is 12.3 Å². The Morgan fingerprint density at radius 3 is 2.09 bits per heavy atom. The van der Waals surface area contributed by atoms with Crippen molar-refractivity contribution in [2.24, 2.45) is 5.73 Å². The first-order chi connectivity index (χ1) is 4.87. The van der Waals surface area contributed by atoms with E-state index in [1.54, 1.807) is 13.8 Å². The Kier molecular flexibility index (Phi) is 3.51. The Balaban J connectivity index is 4.55. The van der Waals surface area contributed by atoms with E-state index in [1.807, 2.05) is 6.92 Å². The molecule has 0 unspecified atom stereocenters. The molecule has 0 amide bonds. The SMILES string of the molecule is CCCS(=O)(=O)C(C)(C)CN. The third kappa shape index (κ3) is 2.45. The van der Waals surface area contributed by atoms with Gasteiger partial charge in [0.05, 0.1) is 10.5 Å². The van der Waals surface area contributed by atoms with Gasteiger partial charge in [0, 0.05) is 6.54 Å². The molecular weight excluding hydrogens is 162 g/mol. The molecule has 68 valence electrons. The van der Waals surface area contributed by atoms with E-state index in [1.165, 1.54) is 0 Å². The van der Waals surface area contributed by atoms with Crippen LogP contribution in [0.2, 0.25) is 0 Å². The lowest BCUT2D eigenvalue weighted by Crippen LogP contribution is -2.41. The number of rotatable bonds is 4. The number of nitrogens with two attached hydrogens (primary N) is 1. The zero-order valence-corrected chi connectivity index (χ0v) is 8.24. The van der Waals surface area contributed by atoms with Gasteiger partial charge in [-0.25, -0.2) is 8.42 Å². The standard InChI is InChI=1S/C7H17NO2S/c1-4-5-11(9,10)7(2,3)6-8/h4-6,8H2,1-3H3. The highest BCUT2D eigenvalue weighted by molar-refractivity contribution is 7.92. The van der Waals surface area contributed by atoms with Gasteiger partial charge in [0.1, 0.15) is 0 Å². The molecule has 2 N–H and O–H groups in total. The summed E-state index contributed by atoms with van der Waals surface area (Å²) in [5.41, 5.74) is 5.34. The first-order valence-electron chi connectivity index (χ1n) is 3.80. The van der Waals surface area contributed by atoms with Crippen molar-refractivity contribution < 1.29 is 8.42 Å². The van der Waals surface area contributed by atoms with E-state index in [0.717, 1.165) is 0 Å². The van der Waals surface area contributed by atoms with Crippen LogP contribution in [0.3, 0.4) is 0 Å². The van der Waals surface area contributed by atoms with E-state index in [9.17, 15) is 8.42 Å². The molecule has 0 rings (SSSR count). The van der Waals surface area contributed by atoms with Gasteiger partial charge in [-0.1, -0.05) is 6.92 Å². The monoisotopic (exact) mass is 179 g/mol. The lowest BCUT2D eigenvalue weighted by Gasteiger charge is -2.21. The highest BCUT2D eigenvalue weighted by Gasteiger charge is 2.31. The van der Waals surface area contributed by atoms with Gasteiger partial charge in [0.25, 0.3) is 0 Å². The summed E-state index contributed by atoms with van der Waals surface area (Å²) in [6, 6.07) is 0. The molecule has 0 radical (unpaired) electrons. The van der Waals surface area contributed by atoms with Crippen LogP contribution in [0.25, 0.3) is 0 Å². The average molecular weight is 179 g/mol. The Hall–Kier alpha value is -0.0900. The minimum atomic E-state index is -2.98. The van der Waals surface area contributed by atoms with Crippen molar-refractivity contribution in [2.75, 3.05) is 12.3 Å². The van der Waals surface area contributed by atoms with Crippen LogP contribution >= 0.6 is 0 Å². The van der Waals surface area contributed by atoms with Crippen molar-refractivity contribution >= 4 is 9.84 Å². The molecule has 0 spiro atoms. The summed E-state index contributed by atoms with van der Waals surface area (Å²) in [5, 5.41) is 0. The van der Waals surface area contributed by atoms with Crippen LogP contribution in [0.4, 0.5) is 0 Å². The fourth-order valence-electron chi connectivity index (χ4n) is 0.672. The van der Waals surface area contributed by atoms with Crippen molar-refractivity contribution in [3.05, 3.63) is 0 Å². The summed E-state index contributed by atoms with van der Waals surface area (Å²) in [6.07, 6.45) is 0.658. The minimum absolute atomic E-state index is 0.190. The highest BCUT2D eigenvalue weighted by atomic mass is 32.2. The molecule has 0 aliphatic rings. The molecule has 0 aromatic carbocycles. The molecule has 0 aliphatic heterocycles. The summed E-state index contributed by atoms with van der Waals surface area (Å²) in [6.45, 7) is 5.37. The van der Waals surface area contributed by atoms with E-state index in [0.29, 0.717) is 6.42 Å². The van der Waals surface area contributed by atoms with E-state index in [4.69, 9.17) is 5.73 Å². The smallest absolute Gasteiger partial charge is 0.156 e. The number of hydrogen-bond donors (Lipinski definition) is 1. The molecule has 0 atom stereocenters.